The number of aromatic nitrogens is 4. The van der Waals surface area contributed by atoms with Gasteiger partial charge in [-0.25, -0.2) is 4.85 Å². The average Bonchev–Trinajstić information content (AvgIpc) is 3.87. The molecule has 0 atom stereocenters. The first-order valence-electron chi connectivity index (χ1n) is 17.7. The number of pyridine rings is 1. The standard InChI is InChI=1S/C48H29N5/c1-49-33-21-23-44-41(29-33)37-17-5-7-19-42(37)52(44)35-15-9-11-31(27-35)32-12-10-16-36(28-32)53-46-30-50-26-25-38(46)39-22-24-45-47(48(39)53)40-18-6-8-20-43(40)51(45)34-13-3-2-4-14-34/h2-30H. The monoisotopic (exact) mass is 675 g/mol. The van der Waals surface area contributed by atoms with Gasteiger partial charge in [-0.15, -0.1) is 0 Å². The van der Waals surface area contributed by atoms with Crippen LogP contribution >= 0.6 is 0 Å². The van der Waals surface area contributed by atoms with Gasteiger partial charge < -0.3 is 13.7 Å². The fraction of sp³-hybridized carbons (Fsp3) is 0. The molecule has 4 aromatic heterocycles. The van der Waals surface area contributed by atoms with Crippen LogP contribution in [0.5, 0.6) is 0 Å². The topological polar surface area (TPSA) is 32.0 Å². The normalized spacial score (nSPS) is 11.8. The summed E-state index contributed by atoms with van der Waals surface area (Å²) < 4.78 is 7.09. The number of benzene rings is 7. The van der Waals surface area contributed by atoms with Gasteiger partial charge in [0.25, 0.3) is 0 Å². The molecule has 0 aliphatic rings. The van der Waals surface area contributed by atoms with E-state index in [1.54, 1.807) is 0 Å². The second-order valence-electron chi connectivity index (χ2n) is 13.5. The highest BCUT2D eigenvalue weighted by molar-refractivity contribution is 6.26. The van der Waals surface area contributed by atoms with Crippen LogP contribution in [-0.4, -0.2) is 18.7 Å². The van der Waals surface area contributed by atoms with Crippen molar-refractivity contribution >= 4 is 71.1 Å². The lowest BCUT2D eigenvalue weighted by atomic mass is 10.0. The average molecular weight is 676 g/mol. The van der Waals surface area contributed by atoms with Gasteiger partial charge in [-0.2, -0.15) is 0 Å². The lowest BCUT2D eigenvalue weighted by molar-refractivity contribution is 1.16. The molecule has 4 heterocycles. The minimum Gasteiger partial charge on any atom is -0.309 e. The summed E-state index contributed by atoms with van der Waals surface area (Å²) in [7, 11) is 0. The van der Waals surface area contributed by atoms with Gasteiger partial charge >= 0.3 is 0 Å². The van der Waals surface area contributed by atoms with Crippen LogP contribution in [0.25, 0.3) is 98.5 Å². The van der Waals surface area contributed by atoms with E-state index in [2.05, 4.69) is 175 Å². The maximum atomic E-state index is 7.60. The molecule has 0 amide bonds. The molecule has 5 heteroatoms. The van der Waals surface area contributed by atoms with Crippen molar-refractivity contribution in [1.82, 2.24) is 18.7 Å². The molecular weight excluding hydrogens is 647 g/mol. The number of para-hydroxylation sites is 3. The third-order valence-corrected chi connectivity index (χ3v) is 10.7. The van der Waals surface area contributed by atoms with E-state index in [0.29, 0.717) is 5.69 Å². The predicted octanol–water partition coefficient (Wildman–Crippen LogP) is 12.6. The Morgan fingerprint density at radius 2 is 1.02 bits per heavy atom. The Hall–Kier alpha value is -7.42. The summed E-state index contributed by atoms with van der Waals surface area (Å²) in [4.78, 5) is 8.34. The molecule has 0 saturated heterocycles. The van der Waals surface area contributed by atoms with E-state index in [9.17, 15) is 0 Å². The molecule has 246 valence electrons. The maximum Gasteiger partial charge on any atom is 0.188 e. The van der Waals surface area contributed by atoms with Crippen LogP contribution < -0.4 is 0 Å². The van der Waals surface area contributed by atoms with Gasteiger partial charge in [0.05, 0.1) is 45.9 Å². The fourth-order valence-electron chi connectivity index (χ4n) is 8.49. The molecular formula is C48H29N5. The zero-order chi connectivity index (χ0) is 35.0. The van der Waals surface area contributed by atoms with E-state index in [-0.39, 0.29) is 0 Å². The first kappa shape index (κ1) is 29.3. The van der Waals surface area contributed by atoms with Crippen LogP contribution in [-0.2, 0) is 0 Å². The van der Waals surface area contributed by atoms with Crippen molar-refractivity contribution in [1.29, 1.82) is 0 Å². The van der Waals surface area contributed by atoms with Crippen molar-refractivity contribution in [2.24, 2.45) is 0 Å². The van der Waals surface area contributed by atoms with Gasteiger partial charge in [0, 0.05) is 50.2 Å². The van der Waals surface area contributed by atoms with Crippen molar-refractivity contribution in [3.63, 3.8) is 0 Å². The second kappa shape index (κ2) is 11.3. The van der Waals surface area contributed by atoms with Crippen LogP contribution in [0.2, 0.25) is 0 Å². The molecule has 0 N–H and O–H groups in total. The molecule has 0 bridgehead atoms. The second-order valence-corrected chi connectivity index (χ2v) is 13.5. The highest BCUT2D eigenvalue weighted by Crippen LogP contribution is 2.42. The molecule has 0 aliphatic carbocycles. The Balaban J connectivity index is 1.15. The van der Waals surface area contributed by atoms with Crippen LogP contribution in [0.15, 0.2) is 176 Å². The number of hydrogen-bond acceptors (Lipinski definition) is 1. The van der Waals surface area contributed by atoms with Crippen molar-refractivity contribution in [2.45, 2.75) is 0 Å². The lowest BCUT2D eigenvalue weighted by Crippen LogP contribution is -1.97. The molecule has 0 saturated carbocycles. The third kappa shape index (κ3) is 4.27. The number of fused-ring (bicyclic) bond motifs is 10. The summed E-state index contributed by atoms with van der Waals surface area (Å²) in [5.74, 6) is 0. The summed E-state index contributed by atoms with van der Waals surface area (Å²) in [5, 5.41) is 7.03. The Morgan fingerprint density at radius 3 is 1.79 bits per heavy atom. The first-order valence-corrected chi connectivity index (χ1v) is 17.7. The van der Waals surface area contributed by atoms with Gasteiger partial charge in [-0.05, 0) is 89.3 Å². The summed E-state index contributed by atoms with van der Waals surface area (Å²) in [6.07, 6.45) is 3.88. The largest absolute Gasteiger partial charge is 0.309 e. The quantitative estimate of drug-likeness (QED) is 0.171. The maximum absolute atomic E-state index is 7.60. The molecule has 11 rings (SSSR count). The molecule has 0 spiro atoms. The number of rotatable bonds is 4. The van der Waals surface area contributed by atoms with Crippen LogP contribution in [0.4, 0.5) is 5.69 Å². The summed E-state index contributed by atoms with van der Waals surface area (Å²) in [5.41, 5.74) is 13.0. The SMILES string of the molecule is [C-]#[N+]c1ccc2c(c1)c1ccccc1n2-c1cccc(-c2cccc(-n3c4cnccc4c4ccc5c(c6ccccc6n5-c5ccccc5)c43)c2)c1. The molecule has 7 aromatic carbocycles. The van der Waals surface area contributed by atoms with E-state index in [0.717, 1.165) is 55.5 Å². The first-order chi connectivity index (χ1) is 26.3. The summed E-state index contributed by atoms with van der Waals surface area (Å²) in [6.45, 7) is 7.60. The van der Waals surface area contributed by atoms with Crippen LogP contribution in [0, 0.1) is 6.57 Å². The van der Waals surface area contributed by atoms with E-state index in [1.165, 1.54) is 38.1 Å². The molecule has 0 fully saturated rings. The Labute approximate surface area is 304 Å². The lowest BCUT2D eigenvalue weighted by Gasteiger charge is -2.13. The zero-order valence-electron chi connectivity index (χ0n) is 28.5. The number of nitrogens with zero attached hydrogens (tertiary/aromatic N) is 5. The van der Waals surface area contributed by atoms with Crippen molar-refractivity contribution in [2.75, 3.05) is 0 Å². The van der Waals surface area contributed by atoms with Gasteiger partial charge in [0.15, 0.2) is 5.69 Å². The predicted molar refractivity (Wildman–Crippen MR) is 219 cm³/mol. The van der Waals surface area contributed by atoms with Crippen molar-refractivity contribution < 1.29 is 0 Å². The van der Waals surface area contributed by atoms with Gasteiger partial charge in [-0.3, -0.25) is 4.98 Å². The third-order valence-electron chi connectivity index (χ3n) is 10.7. The Kier molecular flexibility index (Phi) is 6.25. The van der Waals surface area contributed by atoms with Gasteiger partial charge in [-0.1, -0.05) is 91.0 Å². The smallest absolute Gasteiger partial charge is 0.188 e. The van der Waals surface area contributed by atoms with Crippen molar-refractivity contribution in [3.8, 4) is 28.2 Å². The minimum atomic E-state index is 0.646. The van der Waals surface area contributed by atoms with Gasteiger partial charge in [0.2, 0.25) is 0 Å². The fourth-order valence-corrected chi connectivity index (χ4v) is 8.49. The van der Waals surface area contributed by atoms with E-state index in [4.69, 9.17) is 6.57 Å². The highest BCUT2D eigenvalue weighted by atomic mass is 15.0. The molecule has 0 aliphatic heterocycles. The van der Waals surface area contributed by atoms with Gasteiger partial charge in [0.1, 0.15) is 0 Å². The van der Waals surface area contributed by atoms with E-state index < -0.39 is 0 Å². The Morgan fingerprint density at radius 1 is 0.415 bits per heavy atom. The molecule has 5 nitrogen and oxygen atoms in total. The van der Waals surface area contributed by atoms with E-state index in [1.807, 2.05) is 24.5 Å². The zero-order valence-corrected chi connectivity index (χ0v) is 28.5. The minimum absolute atomic E-state index is 0.646. The van der Waals surface area contributed by atoms with Crippen molar-refractivity contribution in [3.05, 3.63) is 188 Å². The molecule has 11 aromatic rings. The summed E-state index contributed by atoms with van der Waals surface area (Å²) in [6, 6.07) is 58.1. The number of hydrogen-bond donors (Lipinski definition) is 0. The summed E-state index contributed by atoms with van der Waals surface area (Å²) >= 11 is 0. The molecule has 53 heavy (non-hydrogen) atoms. The molecule has 0 radical (unpaired) electrons. The van der Waals surface area contributed by atoms with Crippen LogP contribution in [0.3, 0.4) is 0 Å². The highest BCUT2D eigenvalue weighted by Gasteiger charge is 2.21. The van der Waals surface area contributed by atoms with Crippen LogP contribution in [0.1, 0.15) is 0 Å². The Bertz CT molecular complexity index is 3300. The molecule has 0 unspecified atom stereocenters. The van der Waals surface area contributed by atoms with E-state index >= 15 is 0 Å².